The van der Waals surface area contributed by atoms with Crippen molar-refractivity contribution in [1.82, 2.24) is 0 Å². The number of benzene rings is 1. The molecule has 7 heteroatoms. The topological polar surface area (TPSA) is 105 Å². The van der Waals surface area contributed by atoms with Gasteiger partial charge in [0.1, 0.15) is 0 Å². The maximum Gasteiger partial charge on any atom is 0.238 e. The second-order valence-electron chi connectivity index (χ2n) is 3.57. The molecule has 96 valence electrons. The van der Waals surface area contributed by atoms with E-state index in [1.165, 1.54) is 26.4 Å². The number of nitrogens with two attached hydrogens (primary N) is 2. The molecule has 0 saturated heterocycles. The Kier molecular flexibility index (Phi) is 4.47. The summed E-state index contributed by atoms with van der Waals surface area (Å²) in [5.74, 6) is 0. The molecule has 1 rings (SSSR count). The minimum atomic E-state index is -3.80. The van der Waals surface area contributed by atoms with E-state index in [-0.39, 0.29) is 18.1 Å². The largest absolute Gasteiger partial charge is 0.398 e. The lowest BCUT2D eigenvalue weighted by Gasteiger charge is -2.12. The summed E-state index contributed by atoms with van der Waals surface area (Å²) in [6.07, 6.45) is 0. The van der Waals surface area contributed by atoms with Crippen molar-refractivity contribution in [3.63, 3.8) is 0 Å². The van der Waals surface area contributed by atoms with Crippen molar-refractivity contribution in [3.05, 3.63) is 23.3 Å². The fourth-order valence-electron chi connectivity index (χ4n) is 1.50. The zero-order chi connectivity index (χ0) is 13.1. The molecule has 17 heavy (non-hydrogen) atoms. The number of hydrogen-bond donors (Lipinski definition) is 2. The molecule has 1 aromatic carbocycles. The summed E-state index contributed by atoms with van der Waals surface area (Å²) in [6.45, 7) is 0.352. The number of sulfonamides is 1. The molecule has 0 aliphatic heterocycles. The highest BCUT2D eigenvalue weighted by atomic mass is 32.2. The van der Waals surface area contributed by atoms with Crippen molar-refractivity contribution in [3.8, 4) is 0 Å². The van der Waals surface area contributed by atoms with Crippen molar-refractivity contribution in [2.75, 3.05) is 20.0 Å². The standard InChI is InChI=1S/C10H16N2O4S/c1-15-5-7-4-10(17(12,13)14)8(6-16-2)3-9(7)11/h3-4H,5-6,11H2,1-2H3,(H2,12,13,14). The summed E-state index contributed by atoms with van der Waals surface area (Å²) in [7, 11) is -0.841. The second-order valence-corrected chi connectivity index (χ2v) is 5.10. The molecule has 0 atom stereocenters. The minimum absolute atomic E-state index is 0.0144. The first kappa shape index (κ1) is 13.9. The average Bonchev–Trinajstić information content (AvgIpc) is 2.20. The van der Waals surface area contributed by atoms with Gasteiger partial charge in [0.05, 0.1) is 18.1 Å². The van der Waals surface area contributed by atoms with Gasteiger partial charge in [-0.1, -0.05) is 0 Å². The predicted octanol–water partition coefficient (Wildman–Crippen LogP) is 0.209. The third-order valence-corrected chi connectivity index (χ3v) is 3.22. The minimum Gasteiger partial charge on any atom is -0.398 e. The summed E-state index contributed by atoms with van der Waals surface area (Å²) in [5.41, 5.74) is 7.25. The molecular formula is C10H16N2O4S. The Bertz CT molecular complexity index is 499. The molecule has 0 saturated carbocycles. The highest BCUT2D eigenvalue weighted by Crippen LogP contribution is 2.23. The van der Waals surface area contributed by atoms with Gasteiger partial charge in [0, 0.05) is 25.5 Å². The van der Waals surface area contributed by atoms with E-state index in [4.69, 9.17) is 20.3 Å². The zero-order valence-corrected chi connectivity index (χ0v) is 10.6. The predicted molar refractivity (Wildman–Crippen MR) is 63.7 cm³/mol. The van der Waals surface area contributed by atoms with Gasteiger partial charge in [-0.3, -0.25) is 0 Å². The van der Waals surface area contributed by atoms with Gasteiger partial charge in [0.2, 0.25) is 10.0 Å². The van der Waals surface area contributed by atoms with Crippen molar-refractivity contribution in [2.45, 2.75) is 18.1 Å². The number of methoxy groups -OCH3 is 2. The van der Waals surface area contributed by atoms with Gasteiger partial charge in [0.15, 0.2) is 0 Å². The Morgan fingerprint density at radius 3 is 2.12 bits per heavy atom. The van der Waals surface area contributed by atoms with Crippen LogP contribution in [0.3, 0.4) is 0 Å². The Morgan fingerprint density at radius 1 is 1.12 bits per heavy atom. The number of anilines is 1. The molecule has 0 amide bonds. The fourth-order valence-corrected chi connectivity index (χ4v) is 2.29. The smallest absolute Gasteiger partial charge is 0.238 e. The van der Waals surface area contributed by atoms with Crippen LogP contribution in [-0.4, -0.2) is 22.6 Å². The third-order valence-electron chi connectivity index (χ3n) is 2.23. The van der Waals surface area contributed by atoms with Crippen molar-refractivity contribution in [2.24, 2.45) is 5.14 Å². The summed E-state index contributed by atoms with van der Waals surface area (Å²) < 4.78 is 32.7. The first-order chi connectivity index (χ1) is 7.90. The lowest BCUT2D eigenvalue weighted by Crippen LogP contribution is -2.16. The number of nitrogen functional groups attached to an aromatic ring is 1. The average molecular weight is 260 g/mol. The van der Waals surface area contributed by atoms with E-state index >= 15 is 0 Å². The quantitative estimate of drug-likeness (QED) is 0.736. The molecule has 4 N–H and O–H groups in total. The first-order valence-corrected chi connectivity index (χ1v) is 6.36. The van der Waals surface area contributed by atoms with Gasteiger partial charge in [0.25, 0.3) is 0 Å². The van der Waals surface area contributed by atoms with Gasteiger partial charge in [-0.25, -0.2) is 13.6 Å². The summed E-state index contributed by atoms with van der Waals surface area (Å²) >= 11 is 0. The number of ether oxygens (including phenoxy) is 2. The number of hydrogen-bond acceptors (Lipinski definition) is 5. The Labute approximate surface area is 101 Å². The van der Waals surface area contributed by atoms with E-state index in [9.17, 15) is 8.42 Å². The maximum absolute atomic E-state index is 11.4. The molecule has 1 aromatic rings. The molecule has 0 radical (unpaired) electrons. The van der Waals surface area contributed by atoms with Crippen LogP contribution >= 0.6 is 0 Å². The Balaban J connectivity index is 3.37. The van der Waals surface area contributed by atoms with Crippen molar-refractivity contribution in [1.29, 1.82) is 0 Å². The molecule has 0 aliphatic carbocycles. The van der Waals surface area contributed by atoms with Gasteiger partial charge in [-0.05, 0) is 17.7 Å². The summed E-state index contributed by atoms with van der Waals surface area (Å²) in [4.78, 5) is 0.0144. The first-order valence-electron chi connectivity index (χ1n) is 4.82. The molecule has 0 unspecified atom stereocenters. The van der Waals surface area contributed by atoms with Crippen LogP contribution in [0.15, 0.2) is 17.0 Å². The Hall–Kier alpha value is -1.15. The molecule has 6 nitrogen and oxygen atoms in total. The molecule has 0 aromatic heterocycles. The molecule has 0 spiro atoms. The molecule has 0 heterocycles. The van der Waals surface area contributed by atoms with Crippen LogP contribution in [0.5, 0.6) is 0 Å². The van der Waals surface area contributed by atoms with Gasteiger partial charge < -0.3 is 15.2 Å². The van der Waals surface area contributed by atoms with Crippen LogP contribution in [-0.2, 0) is 32.7 Å². The molecule has 0 bridgehead atoms. The van der Waals surface area contributed by atoms with E-state index in [0.29, 0.717) is 16.8 Å². The lowest BCUT2D eigenvalue weighted by atomic mass is 10.1. The number of rotatable bonds is 5. The normalized spacial score (nSPS) is 11.7. The van der Waals surface area contributed by atoms with Gasteiger partial charge in [-0.15, -0.1) is 0 Å². The maximum atomic E-state index is 11.4. The Morgan fingerprint density at radius 2 is 1.65 bits per heavy atom. The van der Waals surface area contributed by atoms with Crippen molar-refractivity contribution >= 4 is 15.7 Å². The van der Waals surface area contributed by atoms with Crippen molar-refractivity contribution < 1.29 is 17.9 Å². The SMILES string of the molecule is COCc1cc(S(N)(=O)=O)c(COC)cc1N. The fraction of sp³-hybridized carbons (Fsp3) is 0.400. The molecule has 0 fully saturated rings. The third kappa shape index (κ3) is 3.40. The highest BCUT2D eigenvalue weighted by Gasteiger charge is 2.16. The summed E-state index contributed by atoms with van der Waals surface area (Å²) in [5, 5.41) is 5.14. The highest BCUT2D eigenvalue weighted by molar-refractivity contribution is 7.89. The number of primary sulfonamides is 1. The van der Waals surface area contributed by atoms with Gasteiger partial charge in [-0.2, -0.15) is 0 Å². The molecule has 0 aliphatic rings. The van der Waals surface area contributed by atoms with E-state index in [2.05, 4.69) is 0 Å². The van der Waals surface area contributed by atoms with E-state index in [0.717, 1.165) is 0 Å². The lowest BCUT2D eigenvalue weighted by molar-refractivity contribution is 0.180. The van der Waals surface area contributed by atoms with Crippen LogP contribution in [0.1, 0.15) is 11.1 Å². The van der Waals surface area contributed by atoms with E-state index < -0.39 is 10.0 Å². The monoisotopic (exact) mass is 260 g/mol. The second kappa shape index (κ2) is 5.46. The van der Waals surface area contributed by atoms with Crippen LogP contribution in [0, 0.1) is 0 Å². The van der Waals surface area contributed by atoms with Crippen LogP contribution < -0.4 is 10.9 Å². The van der Waals surface area contributed by atoms with Crippen LogP contribution in [0.4, 0.5) is 5.69 Å². The van der Waals surface area contributed by atoms with E-state index in [1.807, 2.05) is 0 Å². The molecular weight excluding hydrogens is 244 g/mol. The van der Waals surface area contributed by atoms with Gasteiger partial charge >= 0.3 is 0 Å². The van der Waals surface area contributed by atoms with Crippen LogP contribution in [0.25, 0.3) is 0 Å². The van der Waals surface area contributed by atoms with Crippen LogP contribution in [0.2, 0.25) is 0 Å². The van der Waals surface area contributed by atoms with E-state index in [1.54, 1.807) is 0 Å². The zero-order valence-electron chi connectivity index (χ0n) is 9.76. The summed E-state index contributed by atoms with van der Waals surface area (Å²) in [6, 6.07) is 2.96.